The monoisotopic (exact) mass is 324 g/mol. The summed E-state index contributed by atoms with van der Waals surface area (Å²) in [5, 5.41) is 0. The summed E-state index contributed by atoms with van der Waals surface area (Å²) >= 11 is 0. The lowest BCUT2D eigenvalue weighted by Gasteiger charge is -2.22. The maximum absolute atomic E-state index is 4.80. The van der Waals surface area contributed by atoms with Gasteiger partial charge < -0.3 is 9.80 Å². The highest BCUT2D eigenvalue weighted by Gasteiger charge is 2.11. The molecule has 1 aromatic heterocycles. The number of pyridine rings is 1. The van der Waals surface area contributed by atoms with E-state index in [1.165, 1.54) is 11.1 Å². The van der Waals surface area contributed by atoms with Crippen molar-refractivity contribution in [2.24, 2.45) is 4.99 Å². The number of hydrogen-bond donors (Lipinski definition) is 0. The lowest BCUT2D eigenvalue weighted by Crippen LogP contribution is -2.20. The van der Waals surface area contributed by atoms with Gasteiger partial charge in [-0.05, 0) is 50.5 Å². The molecule has 0 spiro atoms. The van der Waals surface area contributed by atoms with E-state index in [9.17, 15) is 0 Å². The maximum atomic E-state index is 4.80. The van der Waals surface area contributed by atoms with Gasteiger partial charge in [0.15, 0.2) is 0 Å². The molecular formula is C20H28N4. The molecule has 2 rings (SSSR count). The number of aromatic nitrogens is 1. The zero-order valence-electron chi connectivity index (χ0n) is 15.7. The molecule has 0 aliphatic rings. The highest BCUT2D eigenvalue weighted by atomic mass is 15.2. The molecule has 0 saturated heterocycles. The quantitative estimate of drug-likeness (QED) is 0.588. The number of rotatable bonds is 6. The molecule has 0 amide bonds. The van der Waals surface area contributed by atoms with Gasteiger partial charge in [-0.25, -0.2) is 9.98 Å². The Balaban J connectivity index is 2.23. The number of nitrogens with zero attached hydrogens (tertiary/aromatic N) is 4. The number of benzene rings is 1. The summed E-state index contributed by atoms with van der Waals surface area (Å²) in [5.41, 5.74) is 5.66. The second-order valence-electron chi connectivity index (χ2n) is 6.33. The van der Waals surface area contributed by atoms with Gasteiger partial charge in [0.1, 0.15) is 5.82 Å². The van der Waals surface area contributed by atoms with Crippen LogP contribution in [0, 0.1) is 20.8 Å². The smallest absolute Gasteiger partial charge is 0.131 e. The average Bonchev–Trinajstić information content (AvgIpc) is 2.56. The highest BCUT2D eigenvalue weighted by Crippen LogP contribution is 2.26. The van der Waals surface area contributed by atoms with Crippen LogP contribution in [-0.4, -0.2) is 36.9 Å². The van der Waals surface area contributed by atoms with Crippen LogP contribution in [0.2, 0.25) is 0 Å². The van der Waals surface area contributed by atoms with Gasteiger partial charge in [-0.15, -0.1) is 0 Å². The molecule has 2 aromatic rings. The third-order valence-corrected chi connectivity index (χ3v) is 4.27. The number of hydrogen-bond acceptors (Lipinski definition) is 3. The molecule has 128 valence electrons. The Morgan fingerprint density at radius 1 is 1.08 bits per heavy atom. The van der Waals surface area contributed by atoms with E-state index < -0.39 is 0 Å². The first-order valence-corrected chi connectivity index (χ1v) is 8.40. The van der Waals surface area contributed by atoms with Crippen LogP contribution in [0.15, 0.2) is 35.3 Å². The standard InChI is InChI=1S/C20H28N4/c1-7-23(5)14-21-19-12-16(3)20(22-17(19)4)24(6)13-18-11-9-8-10-15(18)2/h8-12,14H,7,13H2,1-6H3/b21-14+. The average molecular weight is 324 g/mol. The first kappa shape index (κ1) is 18.0. The first-order valence-electron chi connectivity index (χ1n) is 8.40. The summed E-state index contributed by atoms with van der Waals surface area (Å²) < 4.78 is 0. The van der Waals surface area contributed by atoms with E-state index in [4.69, 9.17) is 4.98 Å². The SMILES string of the molecule is CCN(C)/C=N/c1cc(C)c(N(C)Cc2ccccc2C)nc1C. The Kier molecular flexibility index (Phi) is 5.96. The normalized spacial score (nSPS) is 11.1. The van der Waals surface area contributed by atoms with Crippen molar-refractivity contribution in [1.82, 2.24) is 9.88 Å². The molecule has 0 radical (unpaired) electrons. The molecule has 0 bridgehead atoms. The van der Waals surface area contributed by atoms with Crippen molar-refractivity contribution >= 4 is 17.8 Å². The van der Waals surface area contributed by atoms with Crippen molar-refractivity contribution < 1.29 is 0 Å². The fourth-order valence-electron chi connectivity index (χ4n) is 2.56. The summed E-state index contributed by atoms with van der Waals surface area (Å²) in [6, 6.07) is 10.6. The van der Waals surface area contributed by atoms with E-state index in [0.29, 0.717) is 0 Å². The van der Waals surface area contributed by atoms with E-state index >= 15 is 0 Å². The Hall–Kier alpha value is -2.36. The molecule has 0 unspecified atom stereocenters. The van der Waals surface area contributed by atoms with Crippen LogP contribution in [0.4, 0.5) is 11.5 Å². The van der Waals surface area contributed by atoms with Crippen molar-refractivity contribution in [3.05, 3.63) is 52.7 Å². The molecular weight excluding hydrogens is 296 g/mol. The summed E-state index contributed by atoms with van der Waals surface area (Å²) in [6.07, 6.45) is 1.86. The molecule has 4 heteroatoms. The van der Waals surface area contributed by atoms with Crippen molar-refractivity contribution in [3.63, 3.8) is 0 Å². The van der Waals surface area contributed by atoms with Crippen LogP contribution in [0.3, 0.4) is 0 Å². The molecule has 0 aliphatic carbocycles. The predicted molar refractivity (Wildman–Crippen MR) is 103 cm³/mol. The van der Waals surface area contributed by atoms with Gasteiger partial charge in [-0.3, -0.25) is 0 Å². The molecule has 0 saturated carbocycles. The van der Waals surface area contributed by atoms with E-state index in [1.54, 1.807) is 0 Å². The second kappa shape index (κ2) is 7.95. The maximum Gasteiger partial charge on any atom is 0.131 e. The molecule has 0 fully saturated rings. The van der Waals surface area contributed by atoms with Crippen molar-refractivity contribution in [2.75, 3.05) is 25.5 Å². The summed E-state index contributed by atoms with van der Waals surface area (Å²) in [5.74, 6) is 1.01. The van der Waals surface area contributed by atoms with Crippen LogP contribution in [0.5, 0.6) is 0 Å². The third-order valence-electron chi connectivity index (χ3n) is 4.27. The Bertz CT molecular complexity index is 722. The van der Waals surface area contributed by atoms with Gasteiger partial charge in [0.25, 0.3) is 0 Å². The van der Waals surface area contributed by atoms with Gasteiger partial charge in [0, 0.05) is 27.2 Å². The van der Waals surface area contributed by atoms with Crippen molar-refractivity contribution in [3.8, 4) is 0 Å². The van der Waals surface area contributed by atoms with Crippen LogP contribution < -0.4 is 4.90 Å². The van der Waals surface area contributed by atoms with Crippen LogP contribution >= 0.6 is 0 Å². The van der Waals surface area contributed by atoms with Crippen LogP contribution in [0.1, 0.15) is 29.3 Å². The van der Waals surface area contributed by atoms with Gasteiger partial charge in [0.05, 0.1) is 17.7 Å². The van der Waals surface area contributed by atoms with Gasteiger partial charge in [0.2, 0.25) is 0 Å². The number of anilines is 1. The van der Waals surface area contributed by atoms with Crippen LogP contribution in [-0.2, 0) is 6.54 Å². The molecule has 0 aliphatic heterocycles. The fraction of sp³-hybridized carbons (Fsp3) is 0.400. The molecule has 24 heavy (non-hydrogen) atoms. The molecule has 1 heterocycles. The van der Waals surface area contributed by atoms with E-state index in [0.717, 1.165) is 35.9 Å². The van der Waals surface area contributed by atoms with E-state index in [-0.39, 0.29) is 0 Å². The van der Waals surface area contributed by atoms with Crippen molar-refractivity contribution in [2.45, 2.75) is 34.2 Å². The van der Waals surface area contributed by atoms with E-state index in [2.05, 4.69) is 68.0 Å². The fourth-order valence-corrected chi connectivity index (χ4v) is 2.56. The summed E-state index contributed by atoms with van der Waals surface area (Å²) in [7, 11) is 4.11. The molecule has 1 aromatic carbocycles. The molecule has 0 N–H and O–H groups in total. The minimum Gasteiger partial charge on any atom is -0.366 e. The number of aliphatic imine (C=N–C) groups is 1. The van der Waals surface area contributed by atoms with Gasteiger partial charge >= 0.3 is 0 Å². The number of aryl methyl sites for hydroxylation is 3. The topological polar surface area (TPSA) is 31.7 Å². The highest BCUT2D eigenvalue weighted by molar-refractivity contribution is 5.64. The zero-order chi connectivity index (χ0) is 17.7. The largest absolute Gasteiger partial charge is 0.366 e. The van der Waals surface area contributed by atoms with E-state index in [1.807, 2.05) is 25.2 Å². The zero-order valence-corrected chi connectivity index (χ0v) is 15.7. The molecule has 0 atom stereocenters. The second-order valence-corrected chi connectivity index (χ2v) is 6.33. The molecule has 4 nitrogen and oxygen atoms in total. The third kappa shape index (κ3) is 4.34. The lowest BCUT2D eigenvalue weighted by atomic mass is 10.1. The minimum absolute atomic E-state index is 0.848. The first-order chi connectivity index (χ1) is 11.4. The summed E-state index contributed by atoms with van der Waals surface area (Å²) in [4.78, 5) is 13.6. The lowest BCUT2D eigenvalue weighted by molar-refractivity contribution is 0.552. The van der Waals surface area contributed by atoms with Crippen LogP contribution in [0.25, 0.3) is 0 Å². The Morgan fingerprint density at radius 2 is 1.79 bits per heavy atom. The Morgan fingerprint density at radius 3 is 2.46 bits per heavy atom. The Labute approximate surface area is 145 Å². The predicted octanol–water partition coefficient (Wildman–Crippen LogP) is 4.25. The van der Waals surface area contributed by atoms with Gasteiger partial charge in [-0.1, -0.05) is 24.3 Å². The van der Waals surface area contributed by atoms with Crippen molar-refractivity contribution in [1.29, 1.82) is 0 Å². The van der Waals surface area contributed by atoms with Gasteiger partial charge in [-0.2, -0.15) is 0 Å². The minimum atomic E-state index is 0.848. The summed E-state index contributed by atoms with van der Waals surface area (Å²) in [6.45, 7) is 10.2.